The number of carbonyl (C=O) groups is 1. The quantitative estimate of drug-likeness (QED) is 0.533. The first-order chi connectivity index (χ1) is 5.95. The van der Waals surface area contributed by atoms with Crippen molar-refractivity contribution >= 4 is 5.97 Å². The normalized spacial score (nSPS) is 8.62. The second-order valence-electron chi connectivity index (χ2n) is 1.95. The molecule has 1 heterocycles. The van der Waals surface area contributed by atoms with Gasteiger partial charge in [0.05, 0.1) is 9.27 Å². The van der Waals surface area contributed by atoms with Crippen LogP contribution in [0.1, 0.15) is 6.92 Å². The molecule has 0 atom stereocenters. The molecular formula is C7H6F3NO2. The molecule has 1 aromatic heterocycles. The first kappa shape index (κ1) is 11.4. The van der Waals surface area contributed by atoms with Crippen molar-refractivity contribution in [1.82, 2.24) is 0 Å². The minimum absolute atomic E-state index is 0.421. The third-order valence-corrected chi connectivity index (χ3v) is 0.844. The number of hydrogen-bond acceptors (Lipinski definition) is 2. The number of aliphatic carboxylic acids is 1. The molecule has 0 aliphatic carbocycles. The Hall–Kier alpha value is -1.59. The van der Waals surface area contributed by atoms with E-state index < -0.39 is 22.5 Å². The van der Waals surface area contributed by atoms with Crippen LogP contribution in [0.4, 0.5) is 13.3 Å². The largest absolute Gasteiger partial charge is 0.550 e. The Morgan fingerprint density at radius 3 is 2.31 bits per heavy atom. The van der Waals surface area contributed by atoms with Crippen molar-refractivity contribution in [1.29, 1.82) is 0 Å². The smallest absolute Gasteiger partial charge is 0.441 e. The summed E-state index contributed by atoms with van der Waals surface area (Å²) in [4.78, 5) is 8.47. The predicted octanol–water partition coefficient (Wildman–Crippen LogP) is -0.259. The highest BCUT2D eigenvalue weighted by molar-refractivity contribution is 5.60. The summed E-state index contributed by atoms with van der Waals surface area (Å²) in [6.45, 7) is 0.972. The lowest BCUT2D eigenvalue weighted by Crippen LogP contribution is -2.27. The summed E-state index contributed by atoms with van der Waals surface area (Å²) >= 11 is 0. The maximum atomic E-state index is 11.9. The molecule has 1 aromatic rings. The standard InChI is InChI=1S/C5H3F3N.C2H4O2/c6-4-2-1-3-9(8)5(4)7;1-2(3)4/h1-3H;1H3,(H,3,4)/q+1;/p-1. The lowest BCUT2D eigenvalue weighted by Gasteiger charge is -1.81. The molecule has 3 nitrogen and oxygen atoms in total. The van der Waals surface area contributed by atoms with Crippen molar-refractivity contribution < 1.29 is 28.0 Å². The van der Waals surface area contributed by atoms with Crippen LogP contribution in [-0.4, -0.2) is 5.97 Å². The highest BCUT2D eigenvalue weighted by Crippen LogP contribution is 1.96. The summed E-state index contributed by atoms with van der Waals surface area (Å²) in [5.74, 6) is -3.78. The second-order valence-corrected chi connectivity index (χ2v) is 1.95. The SMILES string of the molecule is CC(=O)[O-].Fc1ccc[n+](F)c1F. The molecule has 0 N–H and O–H groups in total. The maximum Gasteiger partial charge on any atom is 0.441 e. The third kappa shape index (κ3) is 4.78. The molecule has 0 spiro atoms. The summed E-state index contributed by atoms with van der Waals surface area (Å²) in [6.07, 6.45) is 0.776. The highest BCUT2D eigenvalue weighted by Gasteiger charge is 2.14. The average molecular weight is 193 g/mol. The fraction of sp³-hybridized carbons (Fsp3) is 0.143. The van der Waals surface area contributed by atoms with Gasteiger partial charge in [0.15, 0.2) is 0 Å². The number of aromatic nitrogens is 1. The van der Waals surface area contributed by atoms with Gasteiger partial charge in [0.25, 0.3) is 0 Å². The molecule has 0 aliphatic rings. The summed E-state index contributed by atoms with van der Waals surface area (Å²) in [5, 5.41) is 8.89. The lowest BCUT2D eigenvalue weighted by molar-refractivity contribution is -0.866. The molecule has 0 aromatic carbocycles. The Morgan fingerprint density at radius 1 is 1.54 bits per heavy atom. The van der Waals surface area contributed by atoms with Gasteiger partial charge in [-0.25, -0.2) is 0 Å². The number of nitrogens with zero attached hydrogens (tertiary/aromatic N) is 1. The van der Waals surface area contributed by atoms with Crippen LogP contribution in [0.2, 0.25) is 0 Å². The van der Waals surface area contributed by atoms with E-state index in [1.807, 2.05) is 0 Å². The van der Waals surface area contributed by atoms with Crippen LogP contribution in [-0.2, 0) is 4.79 Å². The number of rotatable bonds is 0. The van der Waals surface area contributed by atoms with E-state index in [1.165, 1.54) is 0 Å². The molecule has 0 unspecified atom stereocenters. The van der Waals surface area contributed by atoms with Gasteiger partial charge in [-0.15, -0.1) is 4.39 Å². The first-order valence-corrected chi connectivity index (χ1v) is 3.14. The van der Waals surface area contributed by atoms with E-state index in [2.05, 4.69) is 0 Å². The zero-order chi connectivity index (χ0) is 10.4. The number of carboxylic acid groups (broad SMARTS) is 1. The topological polar surface area (TPSA) is 44.0 Å². The molecule has 0 saturated heterocycles. The van der Waals surface area contributed by atoms with Crippen LogP contribution < -0.4 is 9.90 Å². The van der Waals surface area contributed by atoms with Crippen molar-refractivity contribution in [3.05, 3.63) is 30.1 Å². The Kier molecular flexibility index (Phi) is 4.50. The van der Waals surface area contributed by atoms with E-state index in [0.717, 1.165) is 25.3 Å². The van der Waals surface area contributed by atoms with E-state index in [9.17, 15) is 13.3 Å². The maximum absolute atomic E-state index is 11.9. The van der Waals surface area contributed by atoms with Crippen LogP contribution in [0.25, 0.3) is 0 Å². The van der Waals surface area contributed by atoms with Gasteiger partial charge < -0.3 is 9.90 Å². The van der Waals surface area contributed by atoms with Gasteiger partial charge in [0.2, 0.25) is 12.0 Å². The van der Waals surface area contributed by atoms with Crippen molar-refractivity contribution in [2.75, 3.05) is 0 Å². The summed E-state index contributed by atoms with van der Waals surface area (Å²) in [7, 11) is 0. The van der Waals surface area contributed by atoms with Crippen molar-refractivity contribution in [2.45, 2.75) is 6.92 Å². The second kappa shape index (κ2) is 5.13. The highest BCUT2D eigenvalue weighted by atomic mass is 19.2. The molecule has 0 aliphatic heterocycles. The monoisotopic (exact) mass is 193 g/mol. The van der Waals surface area contributed by atoms with Crippen LogP contribution in [0.3, 0.4) is 0 Å². The number of carbonyl (C=O) groups excluding carboxylic acids is 1. The Morgan fingerprint density at radius 2 is 2.00 bits per heavy atom. The van der Waals surface area contributed by atoms with Crippen molar-refractivity contribution in [2.24, 2.45) is 0 Å². The molecule has 0 saturated carbocycles. The van der Waals surface area contributed by atoms with Gasteiger partial charge in [-0.1, -0.05) is 0 Å². The minimum atomic E-state index is -1.50. The Labute approximate surface area is 72.0 Å². The van der Waals surface area contributed by atoms with E-state index in [-0.39, 0.29) is 0 Å². The molecule has 1 rings (SSSR count). The fourth-order valence-corrected chi connectivity index (χ4v) is 0.439. The van der Waals surface area contributed by atoms with E-state index >= 15 is 0 Å². The number of halogens is 3. The van der Waals surface area contributed by atoms with Crippen molar-refractivity contribution in [3.8, 4) is 0 Å². The minimum Gasteiger partial charge on any atom is -0.550 e. The zero-order valence-electron chi connectivity index (χ0n) is 6.63. The van der Waals surface area contributed by atoms with Gasteiger partial charge in [-0.3, -0.25) is 0 Å². The Bertz CT molecular complexity index is 280. The number of hydrogen-bond donors (Lipinski definition) is 0. The van der Waals surface area contributed by atoms with Gasteiger partial charge >= 0.3 is 5.95 Å². The molecule has 0 amide bonds. The molecule has 0 radical (unpaired) electrons. The lowest BCUT2D eigenvalue weighted by atomic mass is 10.5. The summed E-state index contributed by atoms with van der Waals surface area (Å²) in [5.41, 5.74) is 0. The predicted molar refractivity (Wildman–Crippen MR) is 33.7 cm³/mol. The van der Waals surface area contributed by atoms with Gasteiger partial charge in [-0.2, -0.15) is 4.39 Å². The van der Waals surface area contributed by atoms with Crippen LogP contribution in [0.15, 0.2) is 18.3 Å². The summed E-state index contributed by atoms with van der Waals surface area (Å²) < 4.78 is 35.8. The van der Waals surface area contributed by atoms with Gasteiger partial charge in [-0.05, 0) is 13.0 Å². The molecule has 0 bridgehead atoms. The van der Waals surface area contributed by atoms with Crippen LogP contribution >= 0.6 is 0 Å². The van der Waals surface area contributed by atoms with Gasteiger partial charge in [0, 0.05) is 12.0 Å². The zero-order valence-corrected chi connectivity index (χ0v) is 6.63. The van der Waals surface area contributed by atoms with Crippen LogP contribution in [0.5, 0.6) is 0 Å². The third-order valence-electron chi connectivity index (χ3n) is 0.844. The van der Waals surface area contributed by atoms with E-state index in [0.29, 0.717) is 0 Å². The number of pyridine rings is 1. The molecule has 72 valence electrons. The molecule has 0 fully saturated rings. The molecular weight excluding hydrogens is 187 g/mol. The summed E-state index contributed by atoms with van der Waals surface area (Å²) in [6, 6.07) is 1.91. The van der Waals surface area contributed by atoms with E-state index in [4.69, 9.17) is 9.90 Å². The average Bonchev–Trinajstić information content (AvgIpc) is 1.99. The Balaban J connectivity index is 0.000000310. The van der Waals surface area contributed by atoms with Crippen molar-refractivity contribution in [3.63, 3.8) is 0 Å². The molecule has 6 heteroatoms. The van der Waals surface area contributed by atoms with E-state index in [1.54, 1.807) is 0 Å². The fourth-order valence-electron chi connectivity index (χ4n) is 0.439. The number of carboxylic acids is 1. The first-order valence-electron chi connectivity index (χ1n) is 3.14. The molecule has 13 heavy (non-hydrogen) atoms. The van der Waals surface area contributed by atoms with Gasteiger partial charge in [0.1, 0.15) is 0 Å². The van der Waals surface area contributed by atoms with Crippen LogP contribution in [0, 0.1) is 11.8 Å².